The molecule has 1 N–H and O–H groups in total. The zero-order chi connectivity index (χ0) is 22.4. The van der Waals surface area contributed by atoms with E-state index < -0.39 is 5.82 Å². The number of nitrogens with zero attached hydrogens (tertiary/aromatic N) is 3. The Balaban J connectivity index is 1.58. The fourth-order valence-electron chi connectivity index (χ4n) is 2.79. The van der Waals surface area contributed by atoms with E-state index >= 15 is 0 Å². The van der Waals surface area contributed by atoms with Crippen LogP contribution in [0.25, 0.3) is 0 Å². The zero-order valence-electron chi connectivity index (χ0n) is 17.9. The number of rotatable bonds is 9. The molecule has 1 heterocycles. The van der Waals surface area contributed by atoms with Crippen LogP contribution in [0, 0.1) is 19.7 Å². The molecule has 0 radical (unpaired) electrons. The quantitative estimate of drug-likeness (QED) is 0.497. The minimum Gasteiger partial charge on any atom is -0.490 e. The van der Waals surface area contributed by atoms with Gasteiger partial charge in [0.05, 0.1) is 12.4 Å². The molecule has 0 saturated heterocycles. The van der Waals surface area contributed by atoms with Crippen molar-refractivity contribution in [3.8, 4) is 11.5 Å². The molecule has 0 fully saturated rings. The van der Waals surface area contributed by atoms with Crippen molar-refractivity contribution >= 4 is 23.4 Å². The maximum Gasteiger partial charge on any atom is 0.234 e. The first-order chi connectivity index (χ1) is 14.9. The lowest BCUT2D eigenvalue weighted by molar-refractivity contribution is -0.113. The van der Waals surface area contributed by atoms with E-state index in [4.69, 9.17) is 9.47 Å². The van der Waals surface area contributed by atoms with Gasteiger partial charge in [-0.05, 0) is 56.2 Å². The van der Waals surface area contributed by atoms with Crippen LogP contribution < -0.4 is 14.8 Å². The van der Waals surface area contributed by atoms with E-state index in [0.29, 0.717) is 34.8 Å². The summed E-state index contributed by atoms with van der Waals surface area (Å²) >= 11 is 1.24. The normalized spacial score (nSPS) is 10.7. The van der Waals surface area contributed by atoms with Crippen LogP contribution >= 0.6 is 11.8 Å². The standard InChI is InChI=1S/C22H25FN4O3S/c1-5-29-19-10-14(2)6-9-18(19)30-12-20-25-26-22(27(20)4)31-13-21(28)24-17-11-16(23)8-7-15(17)3/h6-11H,5,12-13H2,1-4H3,(H,24,28). The van der Waals surface area contributed by atoms with Crippen LogP contribution in [-0.2, 0) is 18.4 Å². The van der Waals surface area contributed by atoms with E-state index in [2.05, 4.69) is 15.5 Å². The monoisotopic (exact) mass is 444 g/mol. The van der Waals surface area contributed by atoms with Gasteiger partial charge < -0.3 is 19.4 Å². The van der Waals surface area contributed by atoms with Gasteiger partial charge >= 0.3 is 0 Å². The number of hydrogen-bond acceptors (Lipinski definition) is 6. The third-order valence-corrected chi connectivity index (χ3v) is 5.51. The zero-order valence-corrected chi connectivity index (χ0v) is 18.8. The Labute approximate surface area is 185 Å². The number of benzene rings is 2. The smallest absolute Gasteiger partial charge is 0.234 e. The van der Waals surface area contributed by atoms with Crippen LogP contribution in [0.4, 0.5) is 10.1 Å². The summed E-state index contributed by atoms with van der Waals surface area (Å²) in [5, 5.41) is 11.6. The Bertz CT molecular complexity index is 1070. The predicted octanol–water partition coefficient (Wildman–Crippen LogP) is 4.28. The van der Waals surface area contributed by atoms with Crippen molar-refractivity contribution in [2.45, 2.75) is 32.5 Å². The van der Waals surface area contributed by atoms with Crippen LogP contribution in [0.5, 0.6) is 11.5 Å². The Morgan fingerprint density at radius 1 is 1.13 bits per heavy atom. The second-order valence-electron chi connectivity index (χ2n) is 6.93. The van der Waals surface area contributed by atoms with E-state index in [9.17, 15) is 9.18 Å². The molecule has 1 amide bonds. The molecule has 0 aliphatic rings. The number of amides is 1. The average Bonchev–Trinajstić information content (AvgIpc) is 3.08. The maximum absolute atomic E-state index is 13.4. The molecule has 0 bridgehead atoms. The van der Waals surface area contributed by atoms with Crippen LogP contribution in [-0.4, -0.2) is 33.0 Å². The summed E-state index contributed by atoms with van der Waals surface area (Å²) < 4.78 is 26.7. The van der Waals surface area contributed by atoms with Gasteiger partial charge in [0, 0.05) is 12.7 Å². The van der Waals surface area contributed by atoms with Gasteiger partial charge in [0.1, 0.15) is 12.4 Å². The lowest BCUT2D eigenvalue weighted by Gasteiger charge is -2.12. The Kier molecular flexibility index (Phi) is 7.51. The van der Waals surface area contributed by atoms with E-state index in [1.165, 1.54) is 23.9 Å². The predicted molar refractivity (Wildman–Crippen MR) is 118 cm³/mol. The SMILES string of the molecule is CCOc1cc(C)ccc1OCc1nnc(SCC(=O)Nc2cc(F)ccc2C)n1C. The highest BCUT2D eigenvalue weighted by Gasteiger charge is 2.14. The Hall–Kier alpha value is -3.07. The number of thioether (sulfide) groups is 1. The number of anilines is 1. The molecule has 3 aromatic rings. The van der Waals surface area contributed by atoms with Crippen molar-refractivity contribution in [3.05, 3.63) is 59.2 Å². The number of halogens is 1. The first-order valence-corrected chi connectivity index (χ1v) is 10.8. The number of aromatic nitrogens is 3. The molecule has 164 valence electrons. The summed E-state index contributed by atoms with van der Waals surface area (Å²) in [5.74, 6) is 1.41. The average molecular weight is 445 g/mol. The molecular weight excluding hydrogens is 419 g/mol. The molecule has 0 aliphatic heterocycles. The lowest BCUT2D eigenvalue weighted by atomic mass is 10.2. The lowest BCUT2D eigenvalue weighted by Crippen LogP contribution is -2.15. The van der Waals surface area contributed by atoms with Crippen molar-refractivity contribution in [1.29, 1.82) is 0 Å². The van der Waals surface area contributed by atoms with Gasteiger partial charge in [0.25, 0.3) is 0 Å². The van der Waals surface area contributed by atoms with E-state index in [-0.39, 0.29) is 18.3 Å². The van der Waals surface area contributed by atoms with Crippen molar-refractivity contribution in [1.82, 2.24) is 14.8 Å². The van der Waals surface area contributed by atoms with E-state index in [0.717, 1.165) is 11.1 Å². The molecule has 2 aromatic carbocycles. The van der Waals surface area contributed by atoms with Crippen LogP contribution in [0.15, 0.2) is 41.6 Å². The summed E-state index contributed by atoms with van der Waals surface area (Å²) in [4.78, 5) is 12.3. The number of carbonyl (C=O) groups excluding carboxylic acids is 1. The second kappa shape index (κ2) is 10.3. The van der Waals surface area contributed by atoms with Crippen molar-refractivity contribution in [2.24, 2.45) is 7.05 Å². The fraction of sp³-hybridized carbons (Fsp3) is 0.318. The van der Waals surface area contributed by atoms with Gasteiger partial charge in [-0.2, -0.15) is 0 Å². The fourth-order valence-corrected chi connectivity index (χ4v) is 3.52. The molecule has 0 spiro atoms. The topological polar surface area (TPSA) is 78.3 Å². The van der Waals surface area contributed by atoms with Gasteiger partial charge in [-0.15, -0.1) is 10.2 Å². The largest absolute Gasteiger partial charge is 0.490 e. The number of hydrogen-bond donors (Lipinski definition) is 1. The molecule has 0 atom stereocenters. The maximum atomic E-state index is 13.4. The van der Waals surface area contributed by atoms with E-state index in [1.54, 1.807) is 10.6 Å². The minimum absolute atomic E-state index is 0.120. The first-order valence-electron chi connectivity index (χ1n) is 9.80. The van der Waals surface area contributed by atoms with Gasteiger partial charge in [0.15, 0.2) is 22.5 Å². The molecule has 31 heavy (non-hydrogen) atoms. The third-order valence-electron chi connectivity index (χ3n) is 4.49. The molecular formula is C22H25FN4O3S. The summed E-state index contributed by atoms with van der Waals surface area (Å²) in [7, 11) is 1.81. The van der Waals surface area contributed by atoms with Crippen molar-refractivity contribution < 1.29 is 18.7 Å². The van der Waals surface area contributed by atoms with Gasteiger partial charge in [0.2, 0.25) is 5.91 Å². The molecule has 0 aliphatic carbocycles. The number of ether oxygens (including phenoxy) is 2. The van der Waals surface area contributed by atoms with Crippen molar-refractivity contribution in [2.75, 3.05) is 17.7 Å². The molecule has 9 heteroatoms. The number of aryl methyl sites for hydroxylation is 2. The highest BCUT2D eigenvalue weighted by Crippen LogP contribution is 2.29. The first kappa shape index (κ1) is 22.6. The van der Waals surface area contributed by atoms with E-state index in [1.807, 2.05) is 46.0 Å². The minimum atomic E-state index is -0.396. The second-order valence-corrected chi connectivity index (χ2v) is 7.87. The summed E-state index contributed by atoms with van der Waals surface area (Å²) in [6.45, 7) is 6.47. The number of carbonyl (C=O) groups is 1. The van der Waals surface area contributed by atoms with Crippen LogP contribution in [0.2, 0.25) is 0 Å². The Morgan fingerprint density at radius 2 is 1.94 bits per heavy atom. The third kappa shape index (κ3) is 5.97. The Morgan fingerprint density at radius 3 is 2.71 bits per heavy atom. The van der Waals surface area contributed by atoms with Gasteiger partial charge in [-0.3, -0.25) is 4.79 Å². The number of nitrogens with one attached hydrogen (secondary N) is 1. The summed E-state index contributed by atoms with van der Waals surface area (Å²) in [6, 6.07) is 10.0. The molecule has 0 unspecified atom stereocenters. The van der Waals surface area contributed by atoms with Crippen LogP contribution in [0.3, 0.4) is 0 Å². The van der Waals surface area contributed by atoms with Gasteiger partial charge in [-0.1, -0.05) is 23.9 Å². The highest BCUT2D eigenvalue weighted by atomic mass is 32.2. The highest BCUT2D eigenvalue weighted by molar-refractivity contribution is 7.99. The summed E-state index contributed by atoms with van der Waals surface area (Å²) in [6.07, 6.45) is 0. The molecule has 7 nitrogen and oxygen atoms in total. The summed E-state index contributed by atoms with van der Waals surface area (Å²) in [5.41, 5.74) is 2.33. The van der Waals surface area contributed by atoms with Gasteiger partial charge in [-0.25, -0.2) is 4.39 Å². The van der Waals surface area contributed by atoms with Crippen LogP contribution in [0.1, 0.15) is 23.9 Å². The molecule has 1 aromatic heterocycles. The molecule has 3 rings (SSSR count). The van der Waals surface area contributed by atoms with Crippen molar-refractivity contribution in [3.63, 3.8) is 0 Å². The molecule has 0 saturated carbocycles.